The molecule has 6 heteroatoms. The molecule has 0 aliphatic rings. The van der Waals surface area contributed by atoms with Gasteiger partial charge in [-0.3, -0.25) is 9.59 Å². The second kappa shape index (κ2) is 5.58. The molecule has 0 fully saturated rings. The standard InChI is InChI=1S/C14H9F3O2S/c15-14(16,17)13(19)8-11(18)9-4-1-2-5-10(9)12-6-3-7-20-12/h1-7H,8H2. The smallest absolute Gasteiger partial charge is 0.294 e. The predicted molar refractivity (Wildman–Crippen MR) is 69.8 cm³/mol. The second-order valence-corrected chi connectivity index (χ2v) is 4.99. The predicted octanol–water partition coefficient (Wildman–Crippen LogP) is 4.12. The van der Waals surface area contributed by atoms with Crippen molar-refractivity contribution >= 4 is 22.9 Å². The van der Waals surface area contributed by atoms with Crippen LogP contribution in [0.3, 0.4) is 0 Å². The Balaban J connectivity index is 2.30. The van der Waals surface area contributed by atoms with Crippen LogP contribution in [0.25, 0.3) is 10.4 Å². The number of alkyl halides is 3. The Morgan fingerprint density at radius 1 is 1.05 bits per heavy atom. The average molecular weight is 298 g/mol. The van der Waals surface area contributed by atoms with Crippen molar-refractivity contribution in [3.8, 4) is 10.4 Å². The van der Waals surface area contributed by atoms with E-state index in [1.165, 1.54) is 17.4 Å². The van der Waals surface area contributed by atoms with E-state index in [-0.39, 0.29) is 5.56 Å². The Morgan fingerprint density at radius 3 is 2.35 bits per heavy atom. The van der Waals surface area contributed by atoms with E-state index < -0.39 is 24.2 Å². The molecule has 0 amide bonds. The van der Waals surface area contributed by atoms with Gasteiger partial charge in [-0.1, -0.05) is 30.3 Å². The van der Waals surface area contributed by atoms with Crippen molar-refractivity contribution in [2.45, 2.75) is 12.6 Å². The fourth-order valence-electron chi connectivity index (χ4n) is 1.71. The van der Waals surface area contributed by atoms with Crippen LogP contribution in [0.1, 0.15) is 16.8 Å². The van der Waals surface area contributed by atoms with Gasteiger partial charge in [0.2, 0.25) is 5.78 Å². The van der Waals surface area contributed by atoms with E-state index in [1.807, 2.05) is 0 Å². The van der Waals surface area contributed by atoms with E-state index in [9.17, 15) is 22.8 Å². The number of carbonyl (C=O) groups excluding carboxylic acids is 2. The lowest BCUT2D eigenvalue weighted by molar-refractivity contribution is -0.170. The molecule has 1 heterocycles. The molecule has 2 aromatic rings. The molecule has 0 aliphatic heterocycles. The highest BCUT2D eigenvalue weighted by Gasteiger charge is 2.39. The van der Waals surface area contributed by atoms with E-state index in [1.54, 1.807) is 35.7 Å². The highest BCUT2D eigenvalue weighted by molar-refractivity contribution is 7.13. The molecule has 1 aromatic heterocycles. The zero-order chi connectivity index (χ0) is 14.8. The summed E-state index contributed by atoms with van der Waals surface area (Å²) in [5.41, 5.74) is 0.676. The topological polar surface area (TPSA) is 34.1 Å². The number of rotatable bonds is 4. The molecule has 2 rings (SSSR count). The summed E-state index contributed by atoms with van der Waals surface area (Å²) in [6, 6.07) is 9.88. The summed E-state index contributed by atoms with van der Waals surface area (Å²) in [6.07, 6.45) is -6.14. The molecule has 0 unspecified atom stereocenters. The monoisotopic (exact) mass is 298 g/mol. The van der Waals surface area contributed by atoms with Crippen LogP contribution in [-0.4, -0.2) is 17.7 Å². The van der Waals surface area contributed by atoms with Crippen molar-refractivity contribution in [2.75, 3.05) is 0 Å². The van der Waals surface area contributed by atoms with Crippen molar-refractivity contribution in [1.29, 1.82) is 0 Å². The van der Waals surface area contributed by atoms with Crippen molar-refractivity contribution < 1.29 is 22.8 Å². The van der Waals surface area contributed by atoms with Gasteiger partial charge in [0.1, 0.15) is 0 Å². The summed E-state index contributed by atoms with van der Waals surface area (Å²) in [7, 11) is 0. The van der Waals surface area contributed by atoms with Crippen LogP contribution in [-0.2, 0) is 4.79 Å². The van der Waals surface area contributed by atoms with E-state index in [0.717, 1.165) is 4.88 Å². The molecule has 0 aliphatic carbocycles. The maximum atomic E-state index is 12.2. The quantitative estimate of drug-likeness (QED) is 0.628. The minimum Gasteiger partial charge on any atom is -0.294 e. The molecule has 104 valence electrons. The molecule has 1 aromatic carbocycles. The Morgan fingerprint density at radius 2 is 1.75 bits per heavy atom. The van der Waals surface area contributed by atoms with E-state index in [0.29, 0.717) is 5.56 Å². The minimum absolute atomic E-state index is 0.132. The fraction of sp³-hybridized carbons (Fsp3) is 0.143. The zero-order valence-electron chi connectivity index (χ0n) is 10.1. The van der Waals surface area contributed by atoms with Gasteiger partial charge in [0.15, 0.2) is 5.78 Å². The first kappa shape index (κ1) is 14.5. The van der Waals surface area contributed by atoms with Crippen LogP contribution < -0.4 is 0 Å². The van der Waals surface area contributed by atoms with Gasteiger partial charge in [0.25, 0.3) is 0 Å². The van der Waals surface area contributed by atoms with Crippen molar-refractivity contribution in [3.63, 3.8) is 0 Å². The SMILES string of the molecule is O=C(CC(=O)C(F)(F)F)c1ccccc1-c1cccs1. The fourth-order valence-corrected chi connectivity index (χ4v) is 2.48. The summed E-state index contributed by atoms with van der Waals surface area (Å²) in [6.45, 7) is 0. The number of Topliss-reactive ketones (excluding diaryl/α,β-unsaturated/α-hetero) is 2. The van der Waals surface area contributed by atoms with Gasteiger partial charge in [-0.25, -0.2) is 0 Å². The van der Waals surface area contributed by atoms with Gasteiger partial charge in [-0.05, 0) is 11.4 Å². The van der Waals surface area contributed by atoms with Gasteiger partial charge < -0.3 is 0 Å². The van der Waals surface area contributed by atoms with Crippen LogP contribution >= 0.6 is 11.3 Å². The number of benzene rings is 1. The number of hydrogen-bond donors (Lipinski definition) is 0. The number of ketones is 2. The molecule has 0 saturated heterocycles. The maximum Gasteiger partial charge on any atom is 0.450 e. The molecule has 0 bridgehead atoms. The van der Waals surface area contributed by atoms with Gasteiger partial charge in [0.05, 0.1) is 6.42 Å². The summed E-state index contributed by atoms with van der Waals surface area (Å²) >= 11 is 1.37. The van der Waals surface area contributed by atoms with Crippen LogP contribution in [0.15, 0.2) is 41.8 Å². The Kier molecular flexibility index (Phi) is 4.04. The first-order valence-corrected chi connectivity index (χ1v) is 6.53. The van der Waals surface area contributed by atoms with Gasteiger partial charge in [-0.2, -0.15) is 13.2 Å². The molecule has 0 saturated carbocycles. The van der Waals surface area contributed by atoms with Crippen LogP contribution in [0.2, 0.25) is 0 Å². The highest BCUT2D eigenvalue weighted by Crippen LogP contribution is 2.29. The van der Waals surface area contributed by atoms with E-state index >= 15 is 0 Å². The molecular weight excluding hydrogens is 289 g/mol. The van der Waals surface area contributed by atoms with Crippen LogP contribution in [0, 0.1) is 0 Å². The molecule has 0 atom stereocenters. The number of carbonyl (C=O) groups is 2. The minimum atomic E-state index is -4.98. The first-order chi connectivity index (χ1) is 9.39. The summed E-state index contributed by atoms with van der Waals surface area (Å²) < 4.78 is 36.6. The zero-order valence-corrected chi connectivity index (χ0v) is 10.9. The molecule has 0 spiro atoms. The summed E-state index contributed by atoms with van der Waals surface area (Å²) in [5, 5.41) is 1.80. The summed E-state index contributed by atoms with van der Waals surface area (Å²) in [5.74, 6) is -2.85. The van der Waals surface area contributed by atoms with Gasteiger partial charge >= 0.3 is 6.18 Å². The number of halogens is 3. The lowest BCUT2D eigenvalue weighted by Crippen LogP contribution is -2.25. The van der Waals surface area contributed by atoms with Gasteiger partial charge in [-0.15, -0.1) is 11.3 Å². The Bertz CT molecular complexity index is 630. The lowest BCUT2D eigenvalue weighted by Gasteiger charge is -2.08. The van der Waals surface area contributed by atoms with E-state index in [4.69, 9.17) is 0 Å². The first-order valence-electron chi connectivity index (χ1n) is 5.65. The maximum absolute atomic E-state index is 12.2. The second-order valence-electron chi connectivity index (χ2n) is 4.04. The molecule has 0 N–H and O–H groups in total. The Hall–Kier alpha value is -1.95. The van der Waals surface area contributed by atoms with E-state index in [2.05, 4.69) is 0 Å². The molecule has 20 heavy (non-hydrogen) atoms. The highest BCUT2D eigenvalue weighted by atomic mass is 32.1. The third-order valence-corrected chi connectivity index (χ3v) is 3.55. The summed E-state index contributed by atoms with van der Waals surface area (Å²) in [4.78, 5) is 23.6. The third-order valence-electron chi connectivity index (χ3n) is 2.65. The number of thiophene rings is 1. The van der Waals surface area contributed by atoms with Crippen molar-refractivity contribution in [1.82, 2.24) is 0 Å². The molecule has 0 radical (unpaired) electrons. The van der Waals surface area contributed by atoms with Crippen LogP contribution in [0.5, 0.6) is 0 Å². The van der Waals surface area contributed by atoms with Gasteiger partial charge in [0, 0.05) is 16.0 Å². The Labute approximate surface area is 116 Å². The average Bonchev–Trinajstić information content (AvgIpc) is 2.91. The van der Waals surface area contributed by atoms with Crippen molar-refractivity contribution in [2.24, 2.45) is 0 Å². The number of hydrogen-bond acceptors (Lipinski definition) is 3. The molecular formula is C14H9F3O2S. The molecule has 2 nitrogen and oxygen atoms in total. The normalized spacial score (nSPS) is 11.3. The van der Waals surface area contributed by atoms with Crippen molar-refractivity contribution in [3.05, 3.63) is 47.3 Å². The third kappa shape index (κ3) is 3.14. The van der Waals surface area contributed by atoms with Crippen LogP contribution in [0.4, 0.5) is 13.2 Å². The lowest BCUT2D eigenvalue weighted by atomic mass is 9.99. The largest absolute Gasteiger partial charge is 0.450 e.